The summed E-state index contributed by atoms with van der Waals surface area (Å²) in [5.41, 5.74) is -2.54. The molecule has 0 aliphatic heterocycles. The summed E-state index contributed by atoms with van der Waals surface area (Å²) in [6.07, 6.45) is 4.06. The zero-order valence-corrected chi connectivity index (χ0v) is 21.5. The maximum Gasteiger partial charge on any atom is 0.336 e. The summed E-state index contributed by atoms with van der Waals surface area (Å²) in [6.45, 7) is 6.97. The molecular weight excluding hydrogens is 468 g/mol. The summed E-state index contributed by atoms with van der Waals surface area (Å²) < 4.78 is 20.4. The molecule has 5 rings (SSSR count). The van der Waals surface area contributed by atoms with Gasteiger partial charge in [0, 0.05) is 11.3 Å². The second-order valence-corrected chi connectivity index (χ2v) is 9.65. The summed E-state index contributed by atoms with van der Waals surface area (Å²) >= 11 is 0. The molecular formula is C27H28O9. The van der Waals surface area contributed by atoms with Crippen LogP contribution in [0, 0.1) is 22.2 Å². The van der Waals surface area contributed by atoms with Gasteiger partial charge in [-0.2, -0.15) is 0 Å². The molecule has 4 atom stereocenters. The standard InChI is InChI=1S/C27H28O9/c1-12-9-25(4)17(22(30)34-6)16(21(29)33-5)15(12)14(3)20-26(11-28)10-13(2)27(20,25)19(24(32)36-8)18(26)23(31)35-7/h9-11,15H,1-8H3. The monoisotopic (exact) mass is 496 g/mol. The maximum absolute atomic E-state index is 13.5. The molecule has 4 bridgehead atoms. The van der Waals surface area contributed by atoms with Gasteiger partial charge in [-0.3, -0.25) is 0 Å². The summed E-state index contributed by atoms with van der Waals surface area (Å²) in [5.74, 6) is -3.99. The lowest BCUT2D eigenvalue weighted by molar-refractivity contribution is -0.142. The van der Waals surface area contributed by atoms with Gasteiger partial charge in [-0.1, -0.05) is 35.8 Å². The van der Waals surface area contributed by atoms with E-state index in [1.165, 1.54) is 21.3 Å². The highest BCUT2D eigenvalue weighted by Crippen LogP contribution is 2.77. The molecule has 0 spiro atoms. The molecule has 0 saturated carbocycles. The molecule has 0 fully saturated rings. The Labute approximate surface area is 208 Å². The van der Waals surface area contributed by atoms with Crippen LogP contribution in [0.5, 0.6) is 0 Å². The Balaban J connectivity index is 2.34. The topological polar surface area (TPSA) is 122 Å². The fourth-order valence-corrected chi connectivity index (χ4v) is 7.39. The van der Waals surface area contributed by atoms with Crippen LogP contribution in [0.3, 0.4) is 0 Å². The first kappa shape index (κ1) is 25.3. The van der Waals surface area contributed by atoms with Gasteiger partial charge in [0.15, 0.2) is 0 Å². The van der Waals surface area contributed by atoms with Gasteiger partial charge in [0.25, 0.3) is 0 Å². The van der Waals surface area contributed by atoms with Crippen LogP contribution < -0.4 is 0 Å². The van der Waals surface area contributed by atoms with E-state index in [9.17, 15) is 24.0 Å². The molecule has 5 aliphatic carbocycles. The van der Waals surface area contributed by atoms with E-state index in [0.29, 0.717) is 23.0 Å². The van der Waals surface area contributed by atoms with Crippen LogP contribution in [0.4, 0.5) is 0 Å². The summed E-state index contributed by atoms with van der Waals surface area (Å²) in [4.78, 5) is 66.4. The zero-order valence-electron chi connectivity index (χ0n) is 21.5. The second kappa shape index (κ2) is 7.88. The molecule has 0 radical (unpaired) electrons. The Bertz CT molecular complexity index is 1320. The van der Waals surface area contributed by atoms with E-state index in [0.717, 1.165) is 12.7 Å². The average molecular weight is 497 g/mol. The number of ether oxygens (including phenoxy) is 4. The molecule has 4 unspecified atom stereocenters. The first-order chi connectivity index (χ1) is 16.9. The van der Waals surface area contributed by atoms with E-state index in [2.05, 4.69) is 0 Å². The molecule has 0 saturated heterocycles. The number of methoxy groups -OCH3 is 4. The smallest absolute Gasteiger partial charge is 0.336 e. The molecule has 5 aliphatic rings. The predicted octanol–water partition coefficient (Wildman–Crippen LogP) is 2.33. The normalized spacial score (nSPS) is 31.9. The third-order valence-corrected chi connectivity index (χ3v) is 8.28. The van der Waals surface area contributed by atoms with Crippen LogP contribution in [0.1, 0.15) is 27.7 Å². The molecule has 190 valence electrons. The van der Waals surface area contributed by atoms with Crippen molar-refractivity contribution in [1.82, 2.24) is 0 Å². The van der Waals surface area contributed by atoms with Gasteiger partial charge < -0.3 is 23.7 Å². The largest absolute Gasteiger partial charge is 0.466 e. The lowest BCUT2D eigenvalue weighted by Crippen LogP contribution is -2.47. The van der Waals surface area contributed by atoms with Crippen molar-refractivity contribution in [3.05, 3.63) is 56.7 Å². The maximum atomic E-state index is 13.5. The molecule has 0 aromatic carbocycles. The summed E-state index contributed by atoms with van der Waals surface area (Å²) in [6, 6.07) is 0. The van der Waals surface area contributed by atoms with Gasteiger partial charge in [-0.05, 0) is 26.3 Å². The molecule has 0 aromatic heterocycles. The first-order valence-corrected chi connectivity index (χ1v) is 11.3. The molecule has 36 heavy (non-hydrogen) atoms. The fourth-order valence-electron chi connectivity index (χ4n) is 7.39. The number of carbonyl (C=O) groups excluding carboxylic acids is 5. The molecule has 0 heterocycles. The van der Waals surface area contributed by atoms with Crippen molar-refractivity contribution in [2.75, 3.05) is 28.4 Å². The lowest BCUT2D eigenvalue weighted by Gasteiger charge is -2.48. The summed E-state index contributed by atoms with van der Waals surface area (Å²) in [7, 11) is 4.74. The molecule has 9 heteroatoms. The molecule has 9 nitrogen and oxygen atoms in total. The van der Waals surface area contributed by atoms with Crippen molar-refractivity contribution in [3.8, 4) is 0 Å². The van der Waals surface area contributed by atoms with Crippen molar-refractivity contribution in [1.29, 1.82) is 0 Å². The quantitative estimate of drug-likeness (QED) is 0.244. The number of aldehydes is 1. The lowest BCUT2D eigenvalue weighted by atomic mass is 9.52. The van der Waals surface area contributed by atoms with Crippen LogP contribution in [0.15, 0.2) is 56.7 Å². The van der Waals surface area contributed by atoms with Gasteiger partial charge in [-0.15, -0.1) is 0 Å². The van der Waals surface area contributed by atoms with Gasteiger partial charge in [0.1, 0.15) is 6.29 Å². The third-order valence-electron chi connectivity index (χ3n) is 8.28. The number of hydrogen-bond acceptors (Lipinski definition) is 9. The van der Waals surface area contributed by atoms with Gasteiger partial charge in [-0.25, -0.2) is 19.2 Å². The predicted molar refractivity (Wildman–Crippen MR) is 125 cm³/mol. The number of rotatable bonds is 5. The Morgan fingerprint density at radius 1 is 0.778 bits per heavy atom. The van der Waals surface area contributed by atoms with Crippen LogP contribution in [-0.4, -0.2) is 58.6 Å². The average Bonchev–Trinajstić information content (AvgIpc) is 3.24. The van der Waals surface area contributed by atoms with E-state index >= 15 is 0 Å². The summed E-state index contributed by atoms with van der Waals surface area (Å²) in [5, 5.41) is 0. The van der Waals surface area contributed by atoms with Crippen LogP contribution in [0.25, 0.3) is 0 Å². The zero-order chi connectivity index (χ0) is 27.0. The minimum atomic E-state index is -1.66. The SMILES string of the molecule is COC(=O)C1=C(C(=O)OC)C2(C)C=C(C)C1C(C)=C1C3(C=O)C=C(C)C12C(C(=O)OC)=C3C(=O)OC. The van der Waals surface area contributed by atoms with E-state index < -0.39 is 46.0 Å². The molecule has 0 N–H and O–H groups in total. The van der Waals surface area contributed by atoms with Crippen LogP contribution >= 0.6 is 0 Å². The first-order valence-electron chi connectivity index (χ1n) is 11.3. The number of allylic oxidation sites excluding steroid dienone is 6. The Kier molecular flexibility index (Phi) is 5.55. The van der Waals surface area contributed by atoms with Crippen molar-refractivity contribution < 1.29 is 42.9 Å². The highest BCUT2D eigenvalue weighted by molar-refractivity contribution is 6.14. The van der Waals surface area contributed by atoms with Crippen molar-refractivity contribution in [2.45, 2.75) is 27.7 Å². The fraction of sp³-hybridized carbons (Fsp3) is 0.444. The van der Waals surface area contributed by atoms with Gasteiger partial charge >= 0.3 is 23.9 Å². The van der Waals surface area contributed by atoms with Crippen LogP contribution in [0.2, 0.25) is 0 Å². The van der Waals surface area contributed by atoms with Crippen molar-refractivity contribution in [3.63, 3.8) is 0 Å². The minimum Gasteiger partial charge on any atom is -0.466 e. The van der Waals surface area contributed by atoms with Gasteiger partial charge in [0.2, 0.25) is 0 Å². The van der Waals surface area contributed by atoms with E-state index in [4.69, 9.17) is 18.9 Å². The number of carbonyl (C=O) groups is 5. The Morgan fingerprint density at radius 3 is 1.78 bits per heavy atom. The number of hydrogen-bond donors (Lipinski definition) is 0. The highest BCUT2D eigenvalue weighted by Gasteiger charge is 2.75. The third kappa shape index (κ3) is 2.48. The molecule has 0 aromatic rings. The van der Waals surface area contributed by atoms with Gasteiger partial charge in [0.05, 0.1) is 61.6 Å². The van der Waals surface area contributed by atoms with E-state index in [-0.39, 0.29) is 22.3 Å². The minimum absolute atomic E-state index is 0.0104. The van der Waals surface area contributed by atoms with E-state index in [1.54, 1.807) is 26.8 Å². The van der Waals surface area contributed by atoms with E-state index in [1.807, 2.05) is 13.0 Å². The Hall–Kier alpha value is -3.75. The highest BCUT2D eigenvalue weighted by atomic mass is 16.5. The Morgan fingerprint density at radius 2 is 1.28 bits per heavy atom. The number of esters is 4. The molecule has 0 amide bonds. The van der Waals surface area contributed by atoms with Crippen LogP contribution in [-0.2, 0) is 42.9 Å². The van der Waals surface area contributed by atoms with Crippen molar-refractivity contribution >= 4 is 30.2 Å². The van der Waals surface area contributed by atoms with Crippen molar-refractivity contribution in [2.24, 2.45) is 22.2 Å². The second-order valence-electron chi connectivity index (χ2n) is 9.65.